The van der Waals surface area contributed by atoms with Gasteiger partial charge in [0.15, 0.2) is 33.1 Å². The van der Waals surface area contributed by atoms with Crippen molar-refractivity contribution < 1.29 is 26.0 Å². The Morgan fingerprint density at radius 3 is 1.71 bits per heavy atom. The number of sulfone groups is 1. The summed E-state index contributed by atoms with van der Waals surface area (Å²) in [5, 5.41) is -1.07. The lowest BCUT2D eigenvalue weighted by Gasteiger charge is -2.13. The van der Waals surface area contributed by atoms with Gasteiger partial charge in [-0.05, 0) is 20.8 Å². The van der Waals surface area contributed by atoms with Gasteiger partial charge in [-0.15, -0.1) is 0 Å². The molecule has 0 radical (unpaired) electrons. The first-order chi connectivity index (χ1) is 7.62. The van der Waals surface area contributed by atoms with Crippen LogP contribution in [0.4, 0.5) is 17.6 Å². The topological polar surface area (TPSA) is 34.1 Å². The highest BCUT2D eigenvalue weighted by molar-refractivity contribution is 7.92. The average molecular weight is 270 g/mol. The maximum Gasteiger partial charge on any atom is 0.198 e. The van der Waals surface area contributed by atoms with Crippen molar-refractivity contribution in [2.45, 2.75) is 30.9 Å². The predicted molar refractivity (Wildman–Crippen MR) is 53.3 cm³/mol. The molecule has 1 aromatic carbocycles. The molecule has 0 spiro atoms. The van der Waals surface area contributed by atoms with Crippen LogP contribution in [0.25, 0.3) is 0 Å². The highest BCUT2D eigenvalue weighted by Gasteiger charge is 2.32. The van der Waals surface area contributed by atoms with Crippen molar-refractivity contribution in [1.29, 1.82) is 0 Å². The molecule has 1 rings (SSSR count). The largest absolute Gasteiger partial charge is 0.223 e. The smallest absolute Gasteiger partial charge is 0.198 e. The van der Waals surface area contributed by atoms with Gasteiger partial charge in [0.25, 0.3) is 0 Å². The second-order valence-corrected chi connectivity index (χ2v) is 6.24. The summed E-state index contributed by atoms with van der Waals surface area (Å²) in [6.07, 6.45) is 0. The van der Waals surface area contributed by atoms with Crippen LogP contribution in [-0.2, 0) is 9.84 Å². The number of halogens is 4. The first-order valence-electron chi connectivity index (χ1n) is 4.68. The van der Waals surface area contributed by atoms with E-state index in [0.29, 0.717) is 0 Å². The molecule has 0 aromatic heterocycles. The SMILES string of the molecule is Cc1c(F)c(F)c(F)c(F)c1S(=O)(=O)C(C)C. The van der Waals surface area contributed by atoms with Gasteiger partial charge in [-0.3, -0.25) is 0 Å². The van der Waals surface area contributed by atoms with E-state index < -0.39 is 48.8 Å². The van der Waals surface area contributed by atoms with E-state index in [-0.39, 0.29) is 0 Å². The van der Waals surface area contributed by atoms with E-state index in [0.717, 1.165) is 6.92 Å². The summed E-state index contributed by atoms with van der Waals surface area (Å²) >= 11 is 0. The average Bonchev–Trinajstić information content (AvgIpc) is 2.23. The number of rotatable bonds is 2. The summed E-state index contributed by atoms with van der Waals surface area (Å²) in [7, 11) is -4.22. The van der Waals surface area contributed by atoms with Crippen molar-refractivity contribution >= 4 is 9.84 Å². The van der Waals surface area contributed by atoms with Gasteiger partial charge >= 0.3 is 0 Å². The van der Waals surface area contributed by atoms with Crippen molar-refractivity contribution in [2.24, 2.45) is 0 Å². The van der Waals surface area contributed by atoms with Gasteiger partial charge in [-0.2, -0.15) is 0 Å². The van der Waals surface area contributed by atoms with Gasteiger partial charge < -0.3 is 0 Å². The van der Waals surface area contributed by atoms with Crippen molar-refractivity contribution in [1.82, 2.24) is 0 Å². The summed E-state index contributed by atoms with van der Waals surface area (Å²) in [4.78, 5) is -1.12. The third-order valence-corrected chi connectivity index (χ3v) is 4.65. The van der Waals surface area contributed by atoms with Crippen molar-refractivity contribution in [3.05, 3.63) is 28.8 Å². The van der Waals surface area contributed by atoms with Crippen LogP contribution >= 0.6 is 0 Å². The normalized spacial score (nSPS) is 12.2. The predicted octanol–water partition coefficient (Wildman–Crippen LogP) is 2.73. The van der Waals surface area contributed by atoms with Crippen molar-refractivity contribution in [2.75, 3.05) is 0 Å². The zero-order valence-electron chi connectivity index (χ0n) is 9.31. The van der Waals surface area contributed by atoms with Crippen molar-refractivity contribution in [3.63, 3.8) is 0 Å². The molecule has 0 aliphatic heterocycles. The Balaban J connectivity index is 3.80. The minimum atomic E-state index is -4.22. The Labute approximate surface area is 96.2 Å². The van der Waals surface area contributed by atoms with Crippen LogP contribution in [-0.4, -0.2) is 13.7 Å². The molecular formula is C10H10F4O2S. The number of hydrogen-bond donors (Lipinski definition) is 0. The lowest BCUT2D eigenvalue weighted by molar-refractivity contribution is 0.392. The minimum absolute atomic E-state index is 0.755. The maximum absolute atomic E-state index is 13.4. The van der Waals surface area contributed by atoms with Gasteiger partial charge in [-0.1, -0.05) is 0 Å². The molecule has 0 bridgehead atoms. The molecule has 1 aromatic rings. The first kappa shape index (κ1) is 14.0. The van der Waals surface area contributed by atoms with Crippen LogP contribution in [0.15, 0.2) is 4.90 Å². The lowest BCUT2D eigenvalue weighted by Crippen LogP contribution is -2.19. The third kappa shape index (κ3) is 2.03. The molecule has 0 amide bonds. The quantitative estimate of drug-likeness (QED) is 0.358. The minimum Gasteiger partial charge on any atom is -0.223 e. The molecule has 0 aliphatic rings. The molecular weight excluding hydrogens is 260 g/mol. The van der Waals surface area contributed by atoms with Crippen LogP contribution in [0.1, 0.15) is 19.4 Å². The Morgan fingerprint density at radius 2 is 1.29 bits per heavy atom. The summed E-state index contributed by atoms with van der Waals surface area (Å²) in [6, 6.07) is 0. The molecule has 0 fully saturated rings. The van der Waals surface area contributed by atoms with Gasteiger partial charge in [0.2, 0.25) is 0 Å². The lowest BCUT2D eigenvalue weighted by atomic mass is 10.2. The standard InChI is InChI=1S/C10H10F4O2S/c1-4(2)17(15,16)10-5(3)6(11)7(12)8(13)9(10)14/h4H,1-3H3. The van der Waals surface area contributed by atoms with E-state index in [9.17, 15) is 26.0 Å². The summed E-state index contributed by atoms with van der Waals surface area (Å²) in [5.74, 6) is -7.70. The van der Waals surface area contributed by atoms with Crippen LogP contribution < -0.4 is 0 Å². The molecule has 17 heavy (non-hydrogen) atoms. The van der Waals surface area contributed by atoms with Crippen LogP contribution in [0.3, 0.4) is 0 Å². The number of hydrogen-bond acceptors (Lipinski definition) is 2. The van der Waals surface area contributed by atoms with Crippen LogP contribution in [0.2, 0.25) is 0 Å². The first-order valence-corrected chi connectivity index (χ1v) is 6.23. The highest BCUT2D eigenvalue weighted by atomic mass is 32.2. The molecule has 2 nitrogen and oxygen atoms in total. The molecule has 0 saturated heterocycles. The van der Waals surface area contributed by atoms with E-state index >= 15 is 0 Å². The zero-order valence-corrected chi connectivity index (χ0v) is 10.1. The molecule has 0 heterocycles. The molecule has 96 valence electrons. The molecule has 0 unspecified atom stereocenters. The molecule has 0 aliphatic carbocycles. The Hall–Kier alpha value is -1.11. The highest BCUT2D eigenvalue weighted by Crippen LogP contribution is 2.29. The van der Waals surface area contributed by atoms with E-state index in [1.165, 1.54) is 13.8 Å². The van der Waals surface area contributed by atoms with E-state index in [1.807, 2.05) is 0 Å². The molecule has 0 saturated carbocycles. The molecule has 0 N–H and O–H groups in total. The molecule has 0 atom stereocenters. The summed E-state index contributed by atoms with van der Waals surface area (Å²) in [5.41, 5.74) is -0.755. The number of benzene rings is 1. The summed E-state index contributed by atoms with van der Waals surface area (Å²) < 4.78 is 75.8. The fraction of sp³-hybridized carbons (Fsp3) is 0.400. The van der Waals surface area contributed by atoms with Crippen LogP contribution in [0.5, 0.6) is 0 Å². The fourth-order valence-corrected chi connectivity index (χ4v) is 2.62. The van der Waals surface area contributed by atoms with Crippen LogP contribution in [0, 0.1) is 30.2 Å². The van der Waals surface area contributed by atoms with Gasteiger partial charge in [-0.25, -0.2) is 26.0 Å². The van der Waals surface area contributed by atoms with Gasteiger partial charge in [0.05, 0.1) is 5.25 Å². The fourth-order valence-electron chi connectivity index (χ4n) is 1.30. The van der Waals surface area contributed by atoms with Gasteiger partial charge in [0, 0.05) is 5.56 Å². The van der Waals surface area contributed by atoms with E-state index in [2.05, 4.69) is 0 Å². The Bertz CT molecular complexity index is 535. The monoisotopic (exact) mass is 270 g/mol. The molecule has 7 heteroatoms. The van der Waals surface area contributed by atoms with E-state index in [1.54, 1.807) is 0 Å². The third-order valence-electron chi connectivity index (χ3n) is 2.35. The zero-order chi connectivity index (χ0) is 13.5. The Morgan fingerprint density at radius 1 is 0.882 bits per heavy atom. The maximum atomic E-state index is 13.4. The summed E-state index contributed by atoms with van der Waals surface area (Å²) in [6.45, 7) is 3.34. The second-order valence-electron chi connectivity index (χ2n) is 3.80. The Kier molecular flexibility index (Phi) is 3.52. The van der Waals surface area contributed by atoms with E-state index in [4.69, 9.17) is 0 Å². The second kappa shape index (κ2) is 4.29. The van der Waals surface area contributed by atoms with Gasteiger partial charge in [0.1, 0.15) is 4.90 Å². The van der Waals surface area contributed by atoms with Crippen molar-refractivity contribution in [3.8, 4) is 0 Å².